The average molecular weight is 643 g/mol. The fraction of sp³-hybridized carbons (Fsp3) is 0.586. The van der Waals surface area contributed by atoms with Gasteiger partial charge in [0.05, 0.1) is 36.0 Å². The zero-order valence-electron chi connectivity index (χ0n) is 23.8. The lowest BCUT2D eigenvalue weighted by Crippen LogP contribution is -2.51. The molecular formula is C29H38F6NO4S2+. The van der Waals surface area contributed by atoms with Gasteiger partial charge in [0.15, 0.2) is 0 Å². The molecule has 0 atom stereocenters. The fourth-order valence-electron chi connectivity index (χ4n) is 5.84. The maximum absolute atomic E-state index is 13.1. The highest BCUT2D eigenvalue weighted by molar-refractivity contribution is 7.95. The lowest BCUT2D eigenvalue weighted by atomic mass is 10.1. The zero-order valence-corrected chi connectivity index (χ0v) is 25.5. The second-order valence-electron chi connectivity index (χ2n) is 11.0. The third kappa shape index (κ3) is 7.15. The van der Waals surface area contributed by atoms with Gasteiger partial charge in [0.1, 0.15) is 0 Å². The van der Waals surface area contributed by atoms with Crippen LogP contribution in [0.3, 0.4) is 0 Å². The predicted molar refractivity (Wildman–Crippen MR) is 149 cm³/mol. The fourth-order valence-corrected chi connectivity index (χ4v) is 8.43. The van der Waals surface area contributed by atoms with Crippen molar-refractivity contribution in [3.8, 4) is 11.1 Å². The normalized spacial score (nSPS) is 16.8. The second-order valence-corrected chi connectivity index (χ2v) is 14.7. The molecule has 1 saturated heterocycles. The number of quaternary nitrogens is 1. The third-order valence-corrected chi connectivity index (χ3v) is 11.5. The summed E-state index contributed by atoms with van der Waals surface area (Å²) in [6, 6.07) is 7.06. The predicted octanol–water partition coefficient (Wildman–Crippen LogP) is 7.82. The Hall–Kier alpha value is -2.12. The van der Waals surface area contributed by atoms with Gasteiger partial charge in [0.25, 0.3) is 19.7 Å². The van der Waals surface area contributed by atoms with Crippen LogP contribution in [0.15, 0.2) is 46.2 Å². The maximum Gasteiger partial charge on any atom is 0.501 e. The number of hydrogen-bond acceptors (Lipinski definition) is 4. The molecule has 1 aliphatic carbocycles. The Morgan fingerprint density at radius 3 is 1.88 bits per heavy atom. The summed E-state index contributed by atoms with van der Waals surface area (Å²) in [5.41, 5.74) is -11.9. The van der Waals surface area contributed by atoms with Gasteiger partial charge in [-0.25, -0.2) is 16.8 Å². The van der Waals surface area contributed by atoms with Gasteiger partial charge in [-0.1, -0.05) is 56.5 Å². The molecule has 0 N–H and O–H groups in total. The van der Waals surface area contributed by atoms with Crippen molar-refractivity contribution in [1.29, 1.82) is 0 Å². The van der Waals surface area contributed by atoms with Gasteiger partial charge in [0, 0.05) is 6.42 Å². The Morgan fingerprint density at radius 2 is 1.31 bits per heavy atom. The summed E-state index contributed by atoms with van der Waals surface area (Å²) in [6.45, 7) is 10.4. The van der Waals surface area contributed by atoms with Crippen LogP contribution in [0.2, 0.25) is 0 Å². The Morgan fingerprint density at radius 1 is 0.714 bits per heavy atom. The molecule has 4 rings (SSSR count). The topological polar surface area (TPSA) is 68.3 Å². The van der Waals surface area contributed by atoms with E-state index in [0.29, 0.717) is 11.1 Å². The minimum atomic E-state index is -6.37. The molecule has 2 aromatic carbocycles. The van der Waals surface area contributed by atoms with Crippen LogP contribution >= 0.6 is 0 Å². The van der Waals surface area contributed by atoms with E-state index in [0.717, 1.165) is 6.07 Å². The van der Waals surface area contributed by atoms with Crippen LogP contribution in [0.5, 0.6) is 0 Å². The molecule has 0 radical (unpaired) electrons. The largest absolute Gasteiger partial charge is 0.501 e. The Bertz CT molecular complexity index is 1450. The van der Waals surface area contributed by atoms with Crippen molar-refractivity contribution in [1.82, 2.24) is 0 Å². The summed E-state index contributed by atoms with van der Waals surface area (Å²) in [6.07, 6.45) is 11.2. The molecule has 1 aliphatic heterocycles. The lowest BCUT2D eigenvalue weighted by Gasteiger charge is -2.41. The number of rotatable bonds is 9. The van der Waals surface area contributed by atoms with E-state index in [1.807, 2.05) is 0 Å². The smallest absolute Gasteiger partial charge is 0.324 e. The van der Waals surface area contributed by atoms with Crippen molar-refractivity contribution in [2.75, 3.05) is 26.2 Å². The zero-order chi connectivity index (χ0) is 31.4. The number of alkyl halides is 6. The van der Waals surface area contributed by atoms with Crippen LogP contribution in [0.4, 0.5) is 26.3 Å². The van der Waals surface area contributed by atoms with E-state index < -0.39 is 52.5 Å². The van der Waals surface area contributed by atoms with Crippen molar-refractivity contribution < 1.29 is 47.7 Å². The van der Waals surface area contributed by atoms with Gasteiger partial charge in [-0.15, -0.1) is 0 Å². The molecule has 0 spiro atoms. The Balaban J connectivity index is 0.000000274. The summed E-state index contributed by atoms with van der Waals surface area (Å²) in [5, 5.41) is 0. The molecule has 5 nitrogen and oxygen atoms in total. The third-order valence-electron chi connectivity index (χ3n) is 8.24. The standard InChI is InChI=1S/C15H8F6O4S2.C14H30N/c16-14(17,18)26(22,23)12-6-5-10-9-4-2-1-3-8(9)7-11(10)13(12)27(24,25)15(19,20)21;1-3-5-6-7-9-12-15(4-2)13-10-8-11-14-15/h1-6H,7H2;3-14H2,1-2H3/q;+1. The van der Waals surface area contributed by atoms with Crippen LogP contribution in [0, 0.1) is 0 Å². The molecule has 0 amide bonds. The summed E-state index contributed by atoms with van der Waals surface area (Å²) >= 11 is 0. The van der Waals surface area contributed by atoms with Gasteiger partial charge < -0.3 is 4.48 Å². The quantitative estimate of drug-likeness (QED) is 0.136. The van der Waals surface area contributed by atoms with Crippen molar-refractivity contribution in [3.63, 3.8) is 0 Å². The average Bonchev–Trinajstić information content (AvgIpc) is 3.30. The first-order valence-corrected chi connectivity index (χ1v) is 17.2. The van der Waals surface area contributed by atoms with Gasteiger partial charge in [-0.2, -0.15) is 26.3 Å². The first-order chi connectivity index (χ1) is 19.5. The van der Waals surface area contributed by atoms with Gasteiger partial charge >= 0.3 is 11.0 Å². The first kappa shape index (κ1) is 34.4. The lowest BCUT2D eigenvalue weighted by molar-refractivity contribution is -0.931. The highest BCUT2D eigenvalue weighted by Crippen LogP contribution is 2.47. The number of unbranched alkanes of at least 4 members (excludes halogenated alkanes) is 4. The number of halogens is 6. The molecule has 13 heteroatoms. The number of sulfone groups is 2. The minimum absolute atomic E-state index is 0.0606. The highest BCUT2D eigenvalue weighted by Gasteiger charge is 2.55. The van der Waals surface area contributed by atoms with Crippen LogP contribution < -0.4 is 0 Å². The van der Waals surface area contributed by atoms with Crippen LogP contribution in [0.25, 0.3) is 11.1 Å². The van der Waals surface area contributed by atoms with E-state index in [-0.39, 0.29) is 11.6 Å². The molecule has 2 aromatic rings. The number of fused-ring (bicyclic) bond motifs is 3. The summed E-state index contributed by atoms with van der Waals surface area (Å²) < 4.78 is 127. The molecule has 1 heterocycles. The van der Waals surface area contributed by atoms with Crippen molar-refractivity contribution in [3.05, 3.63) is 47.5 Å². The minimum Gasteiger partial charge on any atom is -0.324 e. The molecule has 42 heavy (non-hydrogen) atoms. The number of nitrogens with zero attached hydrogens (tertiary/aromatic N) is 1. The Kier molecular flexibility index (Phi) is 10.8. The molecule has 0 saturated carbocycles. The van der Waals surface area contributed by atoms with Crippen molar-refractivity contribution >= 4 is 19.7 Å². The summed E-state index contributed by atoms with van der Waals surface area (Å²) in [7, 11) is -12.7. The molecular weight excluding hydrogens is 604 g/mol. The van der Waals surface area contributed by atoms with Gasteiger partial charge in [-0.3, -0.25) is 0 Å². The second kappa shape index (κ2) is 13.3. The van der Waals surface area contributed by atoms with E-state index in [4.69, 9.17) is 0 Å². The van der Waals surface area contributed by atoms with Gasteiger partial charge in [0.2, 0.25) is 0 Å². The summed E-state index contributed by atoms with van der Waals surface area (Å²) in [4.78, 5) is -3.81. The van der Waals surface area contributed by atoms with Crippen LogP contribution in [-0.2, 0) is 26.1 Å². The highest BCUT2D eigenvalue weighted by atomic mass is 32.2. The molecule has 0 unspecified atom stereocenters. The SMILES string of the molecule is CCCCCCC[N+]1(CC)CCCCC1.O=S(=O)(c1ccc2c(c1S(=O)(=O)C(F)(F)F)Cc1ccccc1-2)C(F)(F)F. The van der Waals surface area contributed by atoms with E-state index in [1.165, 1.54) is 106 Å². The maximum atomic E-state index is 13.1. The molecule has 1 fully saturated rings. The number of hydrogen-bond donors (Lipinski definition) is 0. The number of benzene rings is 2. The molecule has 0 aromatic heterocycles. The van der Waals surface area contributed by atoms with Crippen molar-refractivity contribution in [2.45, 2.75) is 92.4 Å². The van der Waals surface area contributed by atoms with E-state index in [1.54, 1.807) is 0 Å². The first-order valence-electron chi connectivity index (χ1n) is 14.2. The molecule has 0 bridgehead atoms. The van der Waals surface area contributed by atoms with Crippen molar-refractivity contribution in [2.24, 2.45) is 0 Å². The van der Waals surface area contributed by atoms with Crippen LogP contribution in [-0.4, -0.2) is 58.5 Å². The molecule has 236 valence electrons. The van der Waals surface area contributed by atoms with Gasteiger partial charge in [-0.05, 0) is 67.3 Å². The Labute approximate surface area is 244 Å². The summed E-state index contributed by atoms with van der Waals surface area (Å²) in [5.74, 6) is 0. The van der Waals surface area contributed by atoms with Crippen LogP contribution in [0.1, 0.15) is 76.3 Å². The van der Waals surface area contributed by atoms with E-state index >= 15 is 0 Å². The van der Waals surface area contributed by atoms with E-state index in [2.05, 4.69) is 13.8 Å². The number of piperidine rings is 1. The number of likely N-dealkylation sites (tertiary alicyclic amines) is 1. The monoisotopic (exact) mass is 642 g/mol. The molecule has 2 aliphatic rings. The van der Waals surface area contributed by atoms with E-state index in [9.17, 15) is 43.2 Å².